The number of aliphatic hydroxyl groups is 1. The number of likely N-dealkylation sites (N-methyl/N-ethyl adjacent to an activating group) is 1. The van der Waals surface area contributed by atoms with Gasteiger partial charge in [-0.15, -0.1) is 0 Å². The van der Waals surface area contributed by atoms with Crippen molar-refractivity contribution in [1.29, 1.82) is 0 Å². The number of thiocarbonyl (C=S) groups is 1. The molecule has 0 aliphatic heterocycles. The average Bonchev–Trinajstić information content (AvgIpc) is 2.26. The molecule has 1 heterocycles. The Hall–Kier alpha value is -1.20. The number of pyridine rings is 1. The van der Waals surface area contributed by atoms with Crippen molar-refractivity contribution in [3.63, 3.8) is 0 Å². The molecule has 0 amide bonds. The molecule has 82 valence electrons. The second kappa shape index (κ2) is 5.63. The van der Waals surface area contributed by atoms with Gasteiger partial charge in [-0.2, -0.15) is 0 Å². The molecule has 5 heteroatoms. The van der Waals surface area contributed by atoms with Crippen LogP contribution >= 0.6 is 12.2 Å². The van der Waals surface area contributed by atoms with Crippen LogP contribution in [0.2, 0.25) is 0 Å². The van der Waals surface area contributed by atoms with Gasteiger partial charge in [0.25, 0.3) is 0 Å². The highest BCUT2D eigenvalue weighted by atomic mass is 32.1. The molecule has 1 aromatic rings. The molecule has 15 heavy (non-hydrogen) atoms. The molecule has 0 aliphatic rings. The summed E-state index contributed by atoms with van der Waals surface area (Å²) in [6.45, 7) is 3.44. The van der Waals surface area contributed by atoms with Crippen LogP contribution in [-0.2, 0) is 0 Å². The quantitative estimate of drug-likeness (QED) is 0.716. The number of anilines is 1. The molecule has 0 unspecified atom stereocenters. The van der Waals surface area contributed by atoms with E-state index in [0.717, 1.165) is 17.8 Å². The van der Waals surface area contributed by atoms with E-state index in [4.69, 9.17) is 23.1 Å². The Labute approximate surface area is 94.7 Å². The zero-order valence-electron chi connectivity index (χ0n) is 8.68. The summed E-state index contributed by atoms with van der Waals surface area (Å²) in [5, 5.41) is 8.93. The van der Waals surface area contributed by atoms with Crippen LogP contribution in [0.15, 0.2) is 18.5 Å². The average molecular weight is 225 g/mol. The van der Waals surface area contributed by atoms with Crippen molar-refractivity contribution in [2.45, 2.75) is 6.92 Å². The first-order valence-electron chi connectivity index (χ1n) is 4.80. The monoisotopic (exact) mass is 225 g/mol. The van der Waals surface area contributed by atoms with E-state index >= 15 is 0 Å². The molecule has 0 radical (unpaired) electrons. The molecular formula is C10H15N3OS. The van der Waals surface area contributed by atoms with E-state index in [0.29, 0.717) is 11.5 Å². The van der Waals surface area contributed by atoms with Crippen molar-refractivity contribution in [3.8, 4) is 0 Å². The van der Waals surface area contributed by atoms with E-state index in [-0.39, 0.29) is 6.61 Å². The molecule has 1 aromatic heterocycles. The fraction of sp³-hybridized carbons (Fsp3) is 0.400. The number of nitrogens with zero attached hydrogens (tertiary/aromatic N) is 2. The van der Waals surface area contributed by atoms with Crippen LogP contribution in [0.5, 0.6) is 0 Å². The molecule has 0 aromatic carbocycles. The number of aromatic nitrogens is 1. The molecule has 0 saturated carbocycles. The van der Waals surface area contributed by atoms with Crippen LogP contribution in [0.4, 0.5) is 5.69 Å². The van der Waals surface area contributed by atoms with Gasteiger partial charge in [-0.05, 0) is 13.0 Å². The maximum Gasteiger partial charge on any atom is 0.106 e. The first-order valence-corrected chi connectivity index (χ1v) is 5.21. The third-order valence-corrected chi connectivity index (χ3v) is 2.38. The van der Waals surface area contributed by atoms with E-state index in [1.54, 1.807) is 18.5 Å². The Bertz CT molecular complexity index is 343. The minimum Gasteiger partial charge on any atom is -0.395 e. The first-order chi connectivity index (χ1) is 7.20. The van der Waals surface area contributed by atoms with Crippen LogP contribution in [0.1, 0.15) is 12.5 Å². The standard InChI is InChI=1S/C10H15N3OS/c1-2-13(5-6-14)9-7-12-4-3-8(9)10(11)15/h3-4,7,14H,2,5-6H2,1H3,(H2,11,15). The summed E-state index contributed by atoms with van der Waals surface area (Å²) >= 11 is 4.96. The zero-order chi connectivity index (χ0) is 11.3. The highest BCUT2D eigenvalue weighted by Gasteiger charge is 2.10. The fourth-order valence-electron chi connectivity index (χ4n) is 1.42. The molecule has 3 N–H and O–H groups in total. The largest absolute Gasteiger partial charge is 0.395 e. The molecule has 0 fully saturated rings. The molecule has 0 spiro atoms. The van der Waals surface area contributed by atoms with Crippen LogP contribution in [0.3, 0.4) is 0 Å². The SMILES string of the molecule is CCN(CCO)c1cnccc1C(N)=S. The van der Waals surface area contributed by atoms with Crippen molar-refractivity contribution in [2.75, 3.05) is 24.6 Å². The Morgan fingerprint density at radius 1 is 1.67 bits per heavy atom. The van der Waals surface area contributed by atoms with Crippen LogP contribution in [0.25, 0.3) is 0 Å². The highest BCUT2D eigenvalue weighted by Crippen LogP contribution is 2.18. The van der Waals surface area contributed by atoms with E-state index in [9.17, 15) is 0 Å². The molecule has 0 saturated heterocycles. The number of hydrogen-bond acceptors (Lipinski definition) is 4. The topological polar surface area (TPSA) is 62.4 Å². The summed E-state index contributed by atoms with van der Waals surface area (Å²) in [6.07, 6.45) is 3.37. The number of aliphatic hydroxyl groups excluding tert-OH is 1. The minimum absolute atomic E-state index is 0.0967. The van der Waals surface area contributed by atoms with Crippen LogP contribution in [-0.4, -0.2) is 34.8 Å². The lowest BCUT2D eigenvalue weighted by atomic mass is 10.2. The molecule has 1 rings (SSSR count). The van der Waals surface area contributed by atoms with E-state index in [1.807, 2.05) is 11.8 Å². The third kappa shape index (κ3) is 2.87. The van der Waals surface area contributed by atoms with E-state index in [2.05, 4.69) is 4.98 Å². The predicted octanol–water partition coefficient (Wildman–Crippen LogP) is 0.534. The predicted molar refractivity (Wildman–Crippen MR) is 65.1 cm³/mol. The summed E-state index contributed by atoms with van der Waals surface area (Å²) in [7, 11) is 0. The van der Waals surface area contributed by atoms with Crippen molar-refractivity contribution in [3.05, 3.63) is 24.0 Å². The van der Waals surface area contributed by atoms with Gasteiger partial charge in [0, 0.05) is 24.8 Å². The Morgan fingerprint density at radius 3 is 2.93 bits per heavy atom. The van der Waals surface area contributed by atoms with Crippen LogP contribution in [0, 0.1) is 0 Å². The molecular weight excluding hydrogens is 210 g/mol. The number of nitrogens with two attached hydrogens (primary N) is 1. The fourth-order valence-corrected chi connectivity index (χ4v) is 1.59. The normalized spacial score (nSPS) is 10.0. The van der Waals surface area contributed by atoms with Gasteiger partial charge in [-0.1, -0.05) is 12.2 Å². The van der Waals surface area contributed by atoms with Gasteiger partial charge in [0.05, 0.1) is 18.5 Å². The maximum atomic E-state index is 8.93. The van der Waals surface area contributed by atoms with Crippen LogP contribution < -0.4 is 10.6 Å². The third-order valence-electron chi connectivity index (χ3n) is 2.16. The van der Waals surface area contributed by atoms with Gasteiger partial charge in [-0.25, -0.2) is 0 Å². The summed E-state index contributed by atoms with van der Waals surface area (Å²) < 4.78 is 0. The number of hydrogen-bond donors (Lipinski definition) is 2. The van der Waals surface area contributed by atoms with Gasteiger partial charge in [0.1, 0.15) is 4.99 Å². The number of rotatable bonds is 5. The summed E-state index contributed by atoms with van der Waals surface area (Å²) in [6, 6.07) is 1.79. The summed E-state index contributed by atoms with van der Waals surface area (Å²) in [5.41, 5.74) is 7.30. The second-order valence-corrected chi connectivity index (χ2v) is 3.50. The zero-order valence-corrected chi connectivity index (χ0v) is 9.50. The van der Waals surface area contributed by atoms with Gasteiger partial charge in [0.2, 0.25) is 0 Å². The summed E-state index contributed by atoms with van der Waals surface area (Å²) in [5.74, 6) is 0. The molecule has 4 nitrogen and oxygen atoms in total. The second-order valence-electron chi connectivity index (χ2n) is 3.06. The molecule has 0 aliphatic carbocycles. The van der Waals surface area contributed by atoms with E-state index in [1.165, 1.54) is 0 Å². The first kappa shape index (κ1) is 11.9. The Morgan fingerprint density at radius 2 is 2.40 bits per heavy atom. The lowest BCUT2D eigenvalue weighted by Gasteiger charge is -2.23. The highest BCUT2D eigenvalue weighted by molar-refractivity contribution is 7.80. The van der Waals surface area contributed by atoms with Crippen molar-refractivity contribution in [1.82, 2.24) is 4.98 Å². The minimum atomic E-state index is 0.0967. The maximum absolute atomic E-state index is 8.93. The van der Waals surface area contributed by atoms with E-state index < -0.39 is 0 Å². The lowest BCUT2D eigenvalue weighted by Crippen LogP contribution is -2.28. The molecule has 0 bridgehead atoms. The van der Waals surface area contributed by atoms with Gasteiger partial charge >= 0.3 is 0 Å². The Balaban J connectivity index is 3.04. The lowest BCUT2D eigenvalue weighted by molar-refractivity contribution is 0.302. The smallest absolute Gasteiger partial charge is 0.106 e. The van der Waals surface area contributed by atoms with Gasteiger partial charge < -0.3 is 15.7 Å². The van der Waals surface area contributed by atoms with Crippen molar-refractivity contribution >= 4 is 22.9 Å². The Kier molecular flexibility index (Phi) is 4.45. The van der Waals surface area contributed by atoms with Gasteiger partial charge in [0.15, 0.2) is 0 Å². The van der Waals surface area contributed by atoms with Crippen molar-refractivity contribution in [2.24, 2.45) is 5.73 Å². The van der Waals surface area contributed by atoms with Crippen molar-refractivity contribution < 1.29 is 5.11 Å². The molecule has 0 atom stereocenters. The van der Waals surface area contributed by atoms with Gasteiger partial charge in [-0.3, -0.25) is 4.98 Å². The summed E-state index contributed by atoms with van der Waals surface area (Å²) in [4.78, 5) is 6.38.